The third kappa shape index (κ3) is 3.28. The molecule has 0 fully saturated rings. The highest BCUT2D eigenvalue weighted by atomic mass is 19.1. The Kier molecular flexibility index (Phi) is 4.59. The van der Waals surface area contributed by atoms with Crippen molar-refractivity contribution in [2.24, 2.45) is 0 Å². The van der Waals surface area contributed by atoms with Gasteiger partial charge in [0.15, 0.2) is 0 Å². The second-order valence-corrected chi connectivity index (χ2v) is 6.36. The molecule has 0 aliphatic carbocycles. The van der Waals surface area contributed by atoms with Crippen LogP contribution in [-0.2, 0) is 0 Å². The van der Waals surface area contributed by atoms with Gasteiger partial charge >= 0.3 is 0 Å². The Bertz CT molecular complexity index is 915. The number of para-hydroxylation sites is 1. The van der Waals surface area contributed by atoms with Crippen LogP contribution in [-0.4, -0.2) is 22.0 Å². The van der Waals surface area contributed by atoms with Crippen LogP contribution in [0.1, 0.15) is 40.2 Å². The number of nitrogens with one attached hydrogen (secondary N) is 2. The number of rotatable bonds is 4. The Morgan fingerprint density at radius 3 is 2.52 bits per heavy atom. The van der Waals surface area contributed by atoms with Gasteiger partial charge < -0.3 is 15.4 Å². The fourth-order valence-corrected chi connectivity index (χ4v) is 2.98. The SMILES string of the molecule is Cc1[nH]c2c(C(=O)NC(C)C(O)c3ccc(F)cc3)cccc2c1C. The van der Waals surface area contributed by atoms with Gasteiger partial charge in [-0.2, -0.15) is 0 Å². The first-order valence-electron chi connectivity index (χ1n) is 8.20. The largest absolute Gasteiger partial charge is 0.386 e. The molecule has 3 N–H and O–H groups in total. The Balaban J connectivity index is 1.82. The van der Waals surface area contributed by atoms with Gasteiger partial charge in [0.05, 0.1) is 23.2 Å². The van der Waals surface area contributed by atoms with Gasteiger partial charge in [0, 0.05) is 11.1 Å². The van der Waals surface area contributed by atoms with E-state index in [0.29, 0.717) is 11.1 Å². The predicted octanol–water partition coefficient (Wildman–Crippen LogP) is 3.78. The summed E-state index contributed by atoms with van der Waals surface area (Å²) in [4.78, 5) is 15.9. The summed E-state index contributed by atoms with van der Waals surface area (Å²) in [5.41, 5.74) is 4.02. The molecular weight excluding hydrogens is 319 g/mol. The molecule has 3 rings (SSSR count). The molecule has 5 heteroatoms. The number of carbonyl (C=O) groups excluding carboxylic acids is 1. The number of aromatic nitrogens is 1. The number of carbonyl (C=O) groups is 1. The van der Waals surface area contributed by atoms with Crippen LogP contribution in [0.25, 0.3) is 10.9 Å². The molecule has 0 bridgehead atoms. The molecule has 2 unspecified atom stereocenters. The molecule has 1 heterocycles. The van der Waals surface area contributed by atoms with Gasteiger partial charge in [-0.3, -0.25) is 4.79 Å². The molecule has 1 aromatic heterocycles. The predicted molar refractivity (Wildman–Crippen MR) is 96.1 cm³/mol. The normalized spacial score (nSPS) is 13.6. The molecule has 2 aromatic carbocycles. The minimum atomic E-state index is -0.920. The third-order valence-electron chi connectivity index (χ3n) is 4.63. The van der Waals surface area contributed by atoms with E-state index in [4.69, 9.17) is 0 Å². The van der Waals surface area contributed by atoms with Gasteiger partial charge in [0.2, 0.25) is 0 Å². The molecule has 0 aliphatic rings. The van der Waals surface area contributed by atoms with Crippen LogP contribution in [0.5, 0.6) is 0 Å². The highest BCUT2D eigenvalue weighted by Crippen LogP contribution is 2.25. The number of fused-ring (bicyclic) bond motifs is 1. The summed E-state index contributed by atoms with van der Waals surface area (Å²) in [5.74, 6) is -0.627. The van der Waals surface area contributed by atoms with E-state index in [2.05, 4.69) is 10.3 Å². The van der Waals surface area contributed by atoms with E-state index < -0.39 is 12.1 Å². The molecule has 0 saturated carbocycles. The molecule has 25 heavy (non-hydrogen) atoms. The van der Waals surface area contributed by atoms with E-state index >= 15 is 0 Å². The average molecular weight is 340 g/mol. The molecular formula is C20H21FN2O2. The summed E-state index contributed by atoms with van der Waals surface area (Å²) in [7, 11) is 0. The first kappa shape index (κ1) is 17.2. The number of amides is 1. The smallest absolute Gasteiger partial charge is 0.253 e. The lowest BCUT2D eigenvalue weighted by molar-refractivity contribution is 0.0853. The Labute approximate surface area is 145 Å². The Morgan fingerprint density at radius 1 is 1.16 bits per heavy atom. The number of hydrogen-bond acceptors (Lipinski definition) is 2. The van der Waals surface area contributed by atoms with Crippen molar-refractivity contribution < 1.29 is 14.3 Å². The molecule has 2 atom stereocenters. The summed E-state index contributed by atoms with van der Waals surface area (Å²) in [5, 5.41) is 14.2. The number of benzene rings is 2. The summed E-state index contributed by atoms with van der Waals surface area (Å²) < 4.78 is 13.0. The average Bonchev–Trinajstić information content (AvgIpc) is 2.89. The first-order chi connectivity index (χ1) is 11.9. The van der Waals surface area contributed by atoms with Crippen molar-refractivity contribution in [2.45, 2.75) is 32.9 Å². The van der Waals surface area contributed by atoms with Gasteiger partial charge in [0.1, 0.15) is 5.82 Å². The molecule has 3 aromatic rings. The van der Waals surface area contributed by atoms with Crippen molar-refractivity contribution in [3.05, 3.63) is 70.7 Å². The number of H-pyrrole nitrogens is 1. The minimum absolute atomic E-state index is 0.263. The van der Waals surface area contributed by atoms with Crippen LogP contribution in [0.15, 0.2) is 42.5 Å². The van der Waals surface area contributed by atoms with Gasteiger partial charge in [0.25, 0.3) is 5.91 Å². The quantitative estimate of drug-likeness (QED) is 0.677. The number of aromatic amines is 1. The number of hydrogen-bond donors (Lipinski definition) is 3. The van der Waals surface area contributed by atoms with E-state index in [9.17, 15) is 14.3 Å². The van der Waals surface area contributed by atoms with E-state index in [1.54, 1.807) is 13.0 Å². The van der Waals surface area contributed by atoms with Crippen molar-refractivity contribution in [3.63, 3.8) is 0 Å². The zero-order chi connectivity index (χ0) is 18.1. The summed E-state index contributed by atoms with van der Waals surface area (Å²) >= 11 is 0. The number of aliphatic hydroxyl groups excluding tert-OH is 1. The highest BCUT2D eigenvalue weighted by molar-refractivity contribution is 6.06. The fraction of sp³-hybridized carbons (Fsp3) is 0.250. The standard InChI is InChI=1S/C20H21FN2O2/c1-11-12(2)22-18-16(11)5-4-6-17(18)20(25)23-13(3)19(24)14-7-9-15(21)10-8-14/h4-10,13,19,22,24H,1-3H3,(H,23,25). The summed E-state index contributed by atoms with van der Waals surface area (Å²) in [6.45, 7) is 5.70. The highest BCUT2D eigenvalue weighted by Gasteiger charge is 2.21. The molecule has 0 radical (unpaired) electrons. The number of aryl methyl sites for hydroxylation is 2. The molecule has 0 aliphatic heterocycles. The second-order valence-electron chi connectivity index (χ2n) is 6.36. The van der Waals surface area contributed by atoms with Gasteiger partial charge in [-0.15, -0.1) is 0 Å². The van der Waals surface area contributed by atoms with E-state index in [1.165, 1.54) is 24.3 Å². The summed E-state index contributed by atoms with van der Waals surface area (Å²) in [6.07, 6.45) is -0.920. The third-order valence-corrected chi connectivity index (χ3v) is 4.63. The lowest BCUT2D eigenvalue weighted by Gasteiger charge is -2.21. The number of halogens is 1. The maximum absolute atomic E-state index is 13.0. The van der Waals surface area contributed by atoms with Crippen molar-refractivity contribution in [1.29, 1.82) is 0 Å². The molecule has 1 amide bonds. The topological polar surface area (TPSA) is 65.1 Å². The van der Waals surface area contributed by atoms with Crippen molar-refractivity contribution in [3.8, 4) is 0 Å². The van der Waals surface area contributed by atoms with Crippen LogP contribution in [0.3, 0.4) is 0 Å². The van der Waals surface area contributed by atoms with Crippen LogP contribution < -0.4 is 5.32 Å². The molecule has 0 spiro atoms. The van der Waals surface area contributed by atoms with Crippen LogP contribution in [0.4, 0.5) is 4.39 Å². The van der Waals surface area contributed by atoms with Crippen LogP contribution in [0.2, 0.25) is 0 Å². The second kappa shape index (κ2) is 6.69. The van der Waals surface area contributed by atoms with Crippen molar-refractivity contribution in [2.75, 3.05) is 0 Å². The van der Waals surface area contributed by atoms with Crippen LogP contribution >= 0.6 is 0 Å². The van der Waals surface area contributed by atoms with E-state index in [1.807, 2.05) is 26.0 Å². The lowest BCUT2D eigenvalue weighted by atomic mass is 10.0. The van der Waals surface area contributed by atoms with Crippen molar-refractivity contribution in [1.82, 2.24) is 10.3 Å². The maximum Gasteiger partial charge on any atom is 0.253 e. The van der Waals surface area contributed by atoms with Crippen LogP contribution in [0, 0.1) is 19.7 Å². The minimum Gasteiger partial charge on any atom is -0.386 e. The molecule has 4 nitrogen and oxygen atoms in total. The van der Waals surface area contributed by atoms with Gasteiger partial charge in [-0.25, -0.2) is 4.39 Å². The Hall–Kier alpha value is -2.66. The summed E-state index contributed by atoms with van der Waals surface area (Å²) in [6, 6.07) is 10.7. The van der Waals surface area contributed by atoms with Crippen molar-refractivity contribution >= 4 is 16.8 Å². The van der Waals surface area contributed by atoms with E-state index in [-0.39, 0.29) is 11.7 Å². The molecule has 130 valence electrons. The zero-order valence-corrected chi connectivity index (χ0v) is 14.4. The fourth-order valence-electron chi connectivity index (χ4n) is 2.98. The first-order valence-corrected chi connectivity index (χ1v) is 8.20. The van der Waals surface area contributed by atoms with Gasteiger partial charge in [-0.05, 0) is 50.1 Å². The van der Waals surface area contributed by atoms with Gasteiger partial charge in [-0.1, -0.05) is 24.3 Å². The lowest BCUT2D eigenvalue weighted by Crippen LogP contribution is -2.37. The molecule has 0 saturated heterocycles. The Morgan fingerprint density at radius 2 is 1.84 bits per heavy atom. The monoisotopic (exact) mass is 340 g/mol. The van der Waals surface area contributed by atoms with E-state index in [0.717, 1.165) is 22.2 Å². The zero-order valence-electron chi connectivity index (χ0n) is 14.4. The number of aliphatic hydroxyl groups is 1. The maximum atomic E-state index is 13.0.